The van der Waals surface area contributed by atoms with Gasteiger partial charge in [0, 0.05) is 12.3 Å². The van der Waals surface area contributed by atoms with Crippen molar-refractivity contribution in [2.75, 3.05) is 5.88 Å². The second-order valence-corrected chi connectivity index (χ2v) is 4.26. The standard InChI is InChI=1S/C14H17ClO/c1-14(16,11-7-2-3-8-12-15)13-9-5-4-6-10-13/h4-6,9-10,16H,2-3,8,12H2,1H3. The predicted octanol–water partition coefficient (Wildman–Crippen LogP) is 3.31. The van der Waals surface area contributed by atoms with Crippen LogP contribution >= 0.6 is 11.6 Å². The van der Waals surface area contributed by atoms with Crippen LogP contribution in [-0.4, -0.2) is 11.0 Å². The van der Waals surface area contributed by atoms with Crippen molar-refractivity contribution in [1.29, 1.82) is 0 Å². The van der Waals surface area contributed by atoms with Crippen LogP contribution in [0.15, 0.2) is 30.3 Å². The minimum atomic E-state index is -1.05. The molecular formula is C14H17ClO. The predicted molar refractivity (Wildman–Crippen MR) is 68.4 cm³/mol. The summed E-state index contributed by atoms with van der Waals surface area (Å²) in [6, 6.07) is 9.49. The Morgan fingerprint density at radius 2 is 1.94 bits per heavy atom. The molecule has 86 valence electrons. The summed E-state index contributed by atoms with van der Waals surface area (Å²) < 4.78 is 0. The van der Waals surface area contributed by atoms with E-state index in [1.807, 2.05) is 30.3 Å². The molecule has 0 fully saturated rings. The molecule has 0 amide bonds. The topological polar surface area (TPSA) is 20.2 Å². The molecule has 1 nitrogen and oxygen atoms in total. The monoisotopic (exact) mass is 236 g/mol. The van der Waals surface area contributed by atoms with Gasteiger partial charge in [0.15, 0.2) is 0 Å². The second kappa shape index (κ2) is 6.58. The van der Waals surface area contributed by atoms with Gasteiger partial charge in [0.25, 0.3) is 0 Å². The van der Waals surface area contributed by atoms with Gasteiger partial charge in [-0.2, -0.15) is 0 Å². The number of aliphatic hydroxyl groups is 1. The molecule has 1 atom stereocenters. The first-order chi connectivity index (χ1) is 7.67. The maximum atomic E-state index is 10.1. The maximum absolute atomic E-state index is 10.1. The molecule has 1 aromatic rings. The summed E-state index contributed by atoms with van der Waals surface area (Å²) in [6.07, 6.45) is 2.75. The molecule has 0 saturated carbocycles. The van der Waals surface area contributed by atoms with E-state index in [0.717, 1.165) is 24.8 Å². The molecule has 1 aromatic carbocycles. The highest BCUT2D eigenvalue weighted by Gasteiger charge is 2.18. The van der Waals surface area contributed by atoms with E-state index in [2.05, 4.69) is 11.8 Å². The summed E-state index contributed by atoms with van der Waals surface area (Å²) in [5, 5.41) is 10.1. The van der Waals surface area contributed by atoms with Crippen LogP contribution in [-0.2, 0) is 5.60 Å². The minimum Gasteiger partial charge on any atom is -0.374 e. The SMILES string of the molecule is CC(O)(C#CCCCCCl)c1ccccc1. The molecule has 0 aliphatic carbocycles. The smallest absolute Gasteiger partial charge is 0.148 e. The lowest BCUT2D eigenvalue weighted by atomic mass is 9.96. The van der Waals surface area contributed by atoms with Crippen LogP contribution in [0.3, 0.4) is 0 Å². The van der Waals surface area contributed by atoms with Gasteiger partial charge in [-0.05, 0) is 25.3 Å². The third-order valence-electron chi connectivity index (χ3n) is 2.35. The number of benzene rings is 1. The highest BCUT2D eigenvalue weighted by molar-refractivity contribution is 6.17. The van der Waals surface area contributed by atoms with Crippen LogP contribution < -0.4 is 0 Å². The fourth-order valence-corrected chi connectivity index (χ4v) is 1.57. The first kappa shape index (κ1) is 13.1. The highest BCUT2D eigenvalue weighted by Crippen LogP contribution is 2.18. The normalized spacial score (nSPS) is 13.7. The average molecular weight is 237 g/mol. The van der Waals surface area contributed by atoms with Gasteiger partial charge >= 0.3 is 0 Å². The van der Waals surface area contributed by atoms with Gasteiger partial charge in [-0.1, -0.05) is 42.2 Å². The number of hydrogen-bond donors (Lipinski definition) is 1. The Balaban J connectivity index is 2.58. The van der Waals surface area contributed by atoms with Gasteiger partial charge in [0.05, 0.1) is 0 Å². The van der Waals surface area contributed by atoms with Crippen LogP contribution in [0.4, 0.5) is 0 Å². The lowest BCUT2D eigenvalue weighted by Gasteiger charge is -2.16. The zero-order chi connectivity index (χ0) is 11.9. The molecule has 1 rings (SSSR count). The first-order valence-corrected chi connectivity index (χ1v) is 6.04. The number of hydrogen-bond acceptors (Lipinski definition) is 1. The Morgan fingerprint density at radius 3 is 2.56 bits per heavy atom. The number of unbranched alkanes of at least 4 members (excludes halogenated alkanes) is 2. The quantitative estimate of drug-likeness (QED) is 0.483. The van der Waals surface area contributed by atoms with Crippen molar-refractivity contribution in [3.05, 3.63) is 35.9 Å². The molecule has 0 radical (unpaired) electrons. The molecule has 0 heterocycles. The van der Waals surface area contributed by atoms with Crippen molar-refractivity contribution in [3.8, 4) is 11.8 Å². The lowest BCUT2D eigenvalue weighted by molar-refractivity contribution is 0.122. The molecule has 1 N–H and O–H groups in total. The summed E-state index contributed by atoms with van der Waals surface area (Å²) in [6.45, 7) is 1.72. The summed E-state index contributed by atoms with van der Waals surface area (Å²) in [5.74, 6) is 6.57. The van der Waals surface area contributed by atoms with Crippen LogP contribution in [0.1, 0.15) is 31.7 Å². The van der Waals surface area contributed by atoms with Gasteiger partial charge in [-0.15, -0.1) is 11.6 Å². The fourth-order valence-electron chi connectivity index (χ4n) is 1.38. The third kappa shape index (κ3) is 4.26. The fraction of sp³-hybridized carbons (Fsp3) is 0.429. The van der Waals surface area contributed by atoms with Crippen molar-refractivity contribution in [1.82, 2.24) is 0 Å². The molecule has 2 heteroatoms. The van der Waals surface area contributed by atoms with Gasteiger partial charge in [0.1, 0.15) is 5.60 Å². The molecule has 0 spiro atoms. The highest BCUT2D eigenvalue weighted by atomic mass is 35.5. The molecule has 1 unspecified atom stereocenters. The first-order valence-electron chi connectivity index (χ1n) is 5.51. The molecule has 0 bridgehead atoms. The van der Waals surface area contributed by atoms with Crippen molar-refractivity contribution in [2.45, 2.75) is 31.8 Å². The Bertz CT molecular complexity index is 359. The van der Waals surface area contributed by atoms with Crippen LogP contribution in [0.2, 0.25) is 0 Å². The van der Waals surface area contributed by atoms with E-state index >= 15 is 0 Å². The molecule has 0 saturated heterocycles. The molecule has 0 aromatic heterocycles. The summed E-state index contributed by atoms with van der Waals surface area (Å²) in [7, 11) is 0. The van der Waals surface area contributed by atoms with E-state index in [0.29, 0.717) is 5.88 Å². The van der Waals surface area contributed by atoms with E-state index < -0.39 is 5.60 Å². The molecule has 0 aliphatic heterocycles. The Labute approximate surface area is 102 Å². The van der Waals surface area contributed by atoms with E-state index in [1.54, 1.807) is 6.92 Å². The number of halogens is 1. The zero-order valence-electron chi connectivity index (χ0n) is 9.54. The van der Waals surface area contributed by atoms with E-state index in [9.17, 15) is 5.11 Å². The Kier molecular flexibility index (Phi) is 5.38. The zero-order valence-corrected chi connectivity index (χ0v) is 10.3. The van der Waals surface area contributed by atoms with Crippen molar-refractivity contribution in [3.63, 3.8) is 0 Å². The van der Waals surface area contributed by atoms with Crippen LogP contribution in [0.5, 0.6) is 0 Å². The van der Waals surface area contributed by atoms with Crippen LogP contribution in [0.25, 0.3) is 0 Å². The molecule has 0 aliphatic rings. The van der Waals surface area contributed by atoms with E-state index in [-0.39, 0.29) is 0 Å². The third-order valence-corrected chi connectivity index (χ3v) is 2.62. The molecular weight excluding hydrogens is 220 g/mol. The minimum absolute atomic E-state index is 0.677. The summed E-state index contributed by atoms with van der Waals surface area (Å²) in [5.41, 5.74) is -0.220. The van der Waals surface area contributed by atoms with Gasteiger partial charge in [-0.3, -0.25) is 0 Å². The largest absolute Gasteiger partial charge is 0.374 e. The average Bonchev–Trinajstić information content (AvgIpc) is 2.30. The van der Waals surface area contributed by atoms with Gasteiger partial charge < -0.3 is 5.11 Å². The molecule has 16 heavy (non-hydrogen) atoms. The Morgan fingerprint density at radius 1 is 1.25 bits per heavy atom. The maximum Gasteiger partial charge on any atom is 0.148 e. The summed E-state index contributed by atoms with van der Waals surface area (Å²) >= 11 is 5.57. The Hall–Kier alpha value is -0.970. The van der Waals surface area contributed by atoms with Crippen molar-refractivity contribution >= 4 is 11.6 Å². The van der Waals surface area contributed by atoms with Crippen molar-refractivity contribution in [2.24, 2.45) is 0 Å². The number of rotatable bonds is 4. The van der Waals surface area contributed by atoms with Crippen LogP contribution in [0, 0.1) is 11.8 Å². The summed E-state index contributed by atoms with van der Waals surface area (Å²) in [4.78, 5) is 0. The second-order valence-electron chi connectivity index (χ2n) is 3.89. The van der Waals surface area contributed by atoms with Gasteiger partial charge in [-0.25, -0.2) is 0 Å². The van der Waals surface area contributed by atoms with Crippen molar-refractivity contribution < 1.29 is 5.11 Å². The van der Waals surface area contributed by atoms with E-state index in [4.69, 9.17) is 11.6 Å². The van der Waals surface area contributed by atoms with Gasteiger partial charge in [0.2, 0.25) is 0 Å². The number of alkyl halides is 1. The lowest BCUT2D eigenvalue weighted by Crippen LogP contribution is -2.18. The van der Waals surface area contributed by atoms with E-state index in [1.165, 1.54) is 0 Å².